The molecular weight excluding hydrogens is 228 g/mol. The van der Waals surface area contributed by atoms with E-state index in [9.17, 15) is 9.59 Å². The maximum absolute atomic E-state index is 11.5. The molecule has 1 fully saturated rings. The fourth-order valence-electron chi connectivity index (χ4n) is 2.12. The maximum atomic E-state index is 11.5. The number of allylic oxidation sites excluding steroid dienone is 1. The Hall–Kier alpha value is -1.90. The fraction of sp³-hybridized carbons (Fsp3) is 0.333. The first kappa shape index (κ1) is 12.6. The Labute approximate surface area is 106 Å². The highest BCUT2D eigenvalue weighted by molar-refractivity contribution is 6.01. The lowest BCUT2D eigenvalue weighted by atomic mass is 9.99. The highest BCUT2D eigenvalue weighted by Gasteiger charge is 2.17. The highest BCUT2D eigenvalue weighted by atomic mass is 16.4. The first-order valence-electron chi connectivity index (χ1n) is 6.14. The Morgan fingerprint density at radius 2 is 1.94 bits per heavy atom. The first-order valence-corrected chi connectivity index (χ1v) is 6.14. The molecular formula is C15H16O3. The van der Waals surface area contributed by atoms with Crippen molar-refractivity contribution < 1.29 is 14.7 Å². The topological polar surface area (TPSA) is 54.4 Å². The minimum atomic E-state index is -0.827. The number of carbonyl (C=O) groups excluding carboxylic acids is 1. The number of hydrogen-bond acceptors (Lipinski definition) is 2. The second-order valence-corrected chi connectivity index (χ2v) is 4.67. The van der Waals surface area contributed by atoms with Gasteiger partial charge in [-0.15, -0.1) is 0 Å². The molecule has 0 bridgehead atoms. The summed E-state index contributed by atoms with van der Waals surface area (Å²) >= 11 is 0. The van der Waals surface area contributed by atoms with Crippen LogP contribution >= 0.6 is 0 Å². The van der Waals surface area contributed by atoms with Crippen LogP contribution < -0.4 is 0 Å². The summed E-state index contributed by atoms with van der Waals surface area (Å²) < 4.78 is 0. The van der Waals surface area contributed by atoms with E-state index in [4.69, 9.17) is 5.11 Å². The zero-order chi connectivity index (χ0) is 13.1. The third-order valence-corrected chi connectivity index (χ3v) is 3.36. The van der Waals surface area contributed by atoms with Crippen LogP contribution in [0.3, 0.4) is 0 Å². The van der Waals surface area contributed by atoms with Gasteiger partial charge in [0.25, 0.3) is 0 Å². The largest absolute Gasteiger partial charge is 0.481 e. The molecule has 0 unspecified atom stereocenters. The molecule has 94 valence electrons. The molecule has 3 nitrogen and oxygen atoms in total. The van der Waals surface area contributed by atoms with E-state index in [-0.39, 0.29) is 5.78 Å². The van der Waals surface area contributed by atoms with Crippen molar-refractivity contribution in [3.05, 3.63) is 41.0 Å². The lowest BCUT2D eigenvalue weighted by molar-refractivity contribution is -0.138. The molecule has 0 saturated heterocycles. The molecule has 3 heteroatoms. The fourth-order valence-corrected chi connectivity index (χ4v) is 2.12. The molecule has 1 aromatic rings. The number of rotatable bonds is 3. The normalized spacial score (nSPS) is 19.2. The van der Waals surface area contributed by atoms with Gasteiger partial charge in [-0.2, -0.15) is 0 Å². The second-order valence-electron chi connectivity index (χ2n) is 4.67. The van der Waals surface area contributed by atoms with Crippen molar-refractivity contribution in [1.82, 2.24) is 0 Å². The van der Waals surface area contributed by atoms with Crippen LogP contribution in [0.4, 0.5) is 0 Å². The predicted molar refractivity (Wildman–Crippen MR) is 69.3 cm³/mol. The lowest BCUT2D eigenvalue weighted by Gasteiger charge is -2.06. The molecule has 0 aliphatic heterocycles. The van der Waals surface area contributed by atoms with Gasteiger partial charge in [0.05, 0.1) is 5.92 Å². The van der Waals surface area contributed by atoms with E-state index in [1.807, 2.05) is 30.3 Å². The summed E-state index contributed by atoms with van der Waals surface area (Å²) in [5, 5.41) is 8.91. The van der Waals surface area contributed by atoms with Crippen LogP contribution in [0.1, 0.15) is 43.2 Å². The summed E-state index contributed by atoms with van der Waals surface area (Å²) in [7, 11) is 0. The van der Waals surface area contributed by atoms with Gasteiger partial charge in [0.15, 0.2) is 5.78 Å². The summed E-state index contributed by atoms with van der Waals surface area (Å²) in [6.07, 6.45) is 4.36. The molecule has 0 aromatic heterocycles. The van der Waals surface area contributed by atoms with Crippen LogP contribution in [0.2, 0.25) is 0 Å². The van der Waals surface area contributed by atoms with Gasteiger partial charge >= 0.3 is 5.97 Å². The minimum Gasteiger partial charge on any atom is -0.481 e. The molecule has 0 heterocycles. The van der Waals surface area contributed by atoms with Crippen LogP contribution in [-0.2, 0) is 9.59 Å². The first-order chi connectivity index (χ1) is 8.58. The molecule has 0 spiro atoms. The summed E-state index contributed by atoms with van der Waals surface area (Å²) in [5.74, 6) is -1.09. The smallest absolute Gasteiger partial charge is 0.310 e. The molecule has 0 radical (unpaired) electrons. The van der Waals surface area contributed by atoms with Gasteiger partial charge in [0.1, 0.15) is 0 Å². The van der Waals surface area contributed by atoms with Crippen LogP contribution in [0.15, 0.2) is 29.8 Å². The number of carboxylic acid groups (broad SMARTS) is 1. The Morgan fingerprint density at radius 3 is 2.44 bits per heavy atom. The van der Waals surface area contributed by atoms with Crippen molar-refractivity contribution in [3.8, 4) is 0 Å². The summed E-state index contributed by atoms with van der Waals surface area (Å²) in [6.45, 7) is 1.66. The van der Waals surface area contributed by atoms with Crippen molar-refractivity contribution in [3.63, 3.8) is 0 Å². The molecule has 1 atom stereocenters. The summed E-state index contributed by atoms with van der Waals surface area (Å²) in [5.41, 5.74) is 2.62. The number of ketones is 1. The Bertz CT molecular complexity index is 497. The number of aliphatic carboxylic acids is 1. The molecule has 2 rings (SSSR count). The van der Waals surface area contributed by atoms with E-state index in [0.717, 1.165) is 29.5 Å². The van der Waals surface area contributed by atoms with Gasteiger partial charge in [-0.05, 0) is 42.5 Å². The van der Waals surface area contributed by atoms with E-state index in [1.54, 1.807) is 6.92 Å². The highest BCUT2D eigenvalue weighted by Crippen LogP contribution is 2.23. The van der Waals surface area contributed by atoms with Crippen LogP contribution in [0.5, 0.6) is 0 Å². The Morgan fingerprint density at radius 1 is 1.28 bits per heavy atom. The van der Waals surface area contributed by atoms with E-state index in [2.05, 4.69) is 0 Å². The number of carboxylic acids is 1. The Kier molecular flexibility index (Phi) is 3.60. The van der Waals surface area contributed by atoms with Gasteiger partial charge in [0, 0.05) is 6.42 Å². The van der Waals surface area contributed by atoms with Crippen molar-refractivity contribution in [1.29, 1.82) is 0 Å². The molecule has 1 saturated carbocycles. The average Bonchev–Trinajstić information content (AvgIpc) is 2.75. The lowest BCUT2D eigenvalue weighted by Crippen LogP contribution is -2.06. The molecule has 1 aliphatic carbocycles. The van der Waals surface area contributed by atoms with Crippen molar-refractivity contribution in [2.45, 2.75) is 32.1 Å². The second kappa shape index (κ2) is 5.17. The van der Waals surface area contributed by atoms with E-state index in [1.165, 1.54) is 0 Å². The zero-order valence-corrected chi connectivity index (χ0v) is 10.3. The monoisotopic (exact) mass is 244 g/mol. The van der Waals surface area contributed by atoms with Crippen LogP contribution in [-0.4, -0.2) is 16.9 Å². The summed E-state index contributed by atoms with van der Waals surface area (Å²) in [4.78, 5) is 22.3. The quantitative estimate of drug-likeness (QED) is 0.831. The SMILES string of the molecule is C[C@H](C(=O)O)c1ccc(/C=C2\CCCC2=O)cc1. The number of Topliss-reactive ketones (excluding diaryl/α,β-unsaturated/α-hetero) is 1. The third kappa shape index (κ3) is 2.67. The van der Waals surface area contributed by atoms with E-state index in [0.29, 0.717) is 6.42 Å². The molecule has 1 aromatic carbocycles. The number of hydrogen-bond donors (Lipinski definition) is 1. The standard InChI is InChI=1S/C15H16O3/c1-10(15(17)18)12-7-5-11(6-8-12)9-13-3-2-4-14(13)16/h5-10H,2-4H2,1H3,(H,17,18)/b13-9+/t10-/m0/s1. The molecule has 18 heavy (non-hydrogen) atoms. The van der Waals surface area contributed by atoms with Gasteiger partial charge in [-0.3, -0.25) is 9.59 Å². The Balaban J connectivity index is 2.18. The van der Waals surface area contributed by atoms with Gasteiger partial charge in [0.2, 0.25) is 0 Å². The maximum Gasteiger partial charge on any atom is 0.310 e. The van der Waals surface area contributed by atoms with Crippen LogP contribution in [0, 0.1) is 0 Å². The van der Waals surface area contributed by atoms with Gasteiger partial charge < -0.3 is 5.11 Å². The van der Waals surface area contributed by atoms with E-state index >= 15 is 0 Å². The zero-order valence-electron chi connectivity index (χ0n) is 10.3. The number of carbonyl (C=O) groups is 2. The molecule has 1 aliphatic rings. The molecule has 0 amide bonds. The summed E-state index contributed by atoms with van der Waals surface area (Å²) in [6, 6.07) is 7.36. The third-order valence-electron chi connectivity index (χ3n) is 3.36. The average molecular weight is 244 g/mol. The molecule has 1 N–H and O–H groups in total. The predicted octanol–water partition coefficient (Wildman–Crippen LogP) is 3.01. The van der Waals surface area contributed by atoms with Crippen molar-refractivity contribution in [2.24, 2.45) is 0 Å². The van der Waals surface area contributed by atoms with Gasteiger partial charge in [-0.1, -0.05) is 24.3 Å². The number of benzene rings is 1. The van der Waals surface area contributed by atoms with Crippen LogP contribution in [0.25, 0.3) is 6.08 Å². The minimum absolute atomic E-state index is 0.234. The van der Waals surface area contributed by atoms with E-state index < -0.39 is 11.9 Å². The van der Waals surface area contributed by atoms with Gasteiger partial charge in [-0.25, -0.2) is 0 Å². The van der Waals surface area contributed by atoms with Crippen molar-refractivity contribution in [2.75, 3.05) is 0 Å². The van der Waals surface area contributed by atoms with Crippen molar-refractivity contribution >= 4 is 17.8 Å².